The molecular formula is C61H98O6. The van der Waals surface area contributed by atoms with Crippen molar-refractivity contribution in [3.05, 3.63) is 122 Å². The molecular weight excluding hydrogens is 829 g/mol. The fraction of sp³-hybridized carbons (Fsp3) is 0.623. The highest BCUT2D eigenvalue weighted by Crippen LogP contribution is 2.14. The van der Waals surface area contributed by atoms with Gasteiger partial charge in [-0.3, -0.25) is 14.4 Å². The number of esters is 3. The van der Waals surface area contributed by atoms with Crippen molar-refractivity contribution in [1.29, 1.82) is 0 Å². The lowest BCUT2D eigenvalue weighted by molar-refractivity contribution is -0.167. The second-order valence-corrected chi connectivity index (χ2v) is 17.4. The van der Waals surface area contributed by atoms with Gasteiger partial charge in [-0.05, 0) is 109 Å². The summed E-state index contributed by atoms with van der Waals surface area (Å²) in [5, 5.41) is 0. The third-order valence-corrected chi connectivity index (χ3v) is 11.0. The summed E-state index contributed by atoms with van der Waals surface area (Å²) >= 11 is 0. The van der Waals surface area contributed by atoms with Gasteiger partial charge in [-0.15, -0.1) is 0 Å². The van der Waals surface area contributed by atoms with Crippen molar-refractivity contribution in [1.82, 2.24) is 0 Å². The van der Waals surface area contributed by atoms with Crippen LogP contribution in [0.15, 0.2) is 122 Å². The zero-order valence-electron chi connectivity index (χ0n) is 43.1. The summed E-state index contributed by atoms with van der Waals surface area (Å²) in [5.74, 6) is -0.968. The Morgan fingerprint density at radius 1 is 0.313 bits per heavy atom. The van der Waals surface area contributed by atoms with Crippen LogP contribution in [0.5, 0.6) is 0 Å². The number of hydrogen-bond acceptors (Lipinski definition) is 6. The third-order valence-electron chi connectivity index (χ3n) is 11.0. The van der Waals surface area contributed by atoms with Crippen LogP contribution < -0.4 is 0 Å². The van der Waals surface area contributed by atoms with E-state index < -0.39 is 6.10 Å². The van der Waals surface area contributed by atoms with Crippen LogP contribution in [0.25, 0.3) is 0 Å². The molecule has 0 saturated carbocycles. The van der Waals surface area contributed by atoms with Crippen molar-refractivity contribution in [2.24, 2.45) is 0 Å². The summed E-state index contributed by atoms with van der Waals surface area (Å²) in [6.07, 6.45) is 75.1. The first-order chi connectivity index (χ1) is 33.0. The molecule has 1 unspecified atom stereocenters. The molecule has 0 N–H and O–H groups in total. The molecule has 0 aliphatic rings. The van der Waals surface area contributed by atoms with E-state index in [0.717, 1.165) is 128 Å². The van der Waals surface area contributed by atoms with Crippen LogP contribution in [0.3, 0.4) is 0 Å². The molecule has 378 valence electrons. The minimum atomic E-state index is -0.802. The summed E-state index contributed by atoms with van der Waals surface area (Å²) in [7, 11) is 0. The molecule has 0 rings (SSSR count). The molecule has 0 bridgehead atoms. The van der Waals surface area contributed by atoms with Gasteiger partial charge in [-0.25, -0.2) is 0 Å². The summed E-state index contributed by atoms with van der Waals surface area (Å²) in [4.78, 5) is 37.7. The highest BCUT2D eigenvalue weighted by Gasteiger charge is 2.19. The molecule has 1 atom stereocenters. The summed E-state index contributed by atoms with van der Waals surface area (Å²) in [6, 6.07) is 0. The van der Waals surface area contributed by atoms with E-state index >= 15 is 0 Å². The number of carbonyl (C=O) groups excluding carboxylic acids is 3. The van der Waals surface area contributed by atoms with Crippen LogP contribution >= 0.6 is 0 Å². The fourth-order valence-electron chi connectivity index (χ4n) is 6.96. The van der Waals surface area contributed by atoms with Crippen molar-refractivity contribution < 1.29 is 28.6 Å². The number of hydrogen-bond donors (Lipinski definition) is 0. The molecule has 0 heterocycles. The Morgan fingerprint density at radius 2 is 0.582 bits per heavy atom. The topological polar surface area (TPSA) is 78.9 Å². The van der Waals surface area contributed by atoms with Gasteiger partial charge in [0, 0.05) is 19.3 Å². The van der Waals surface area contributed by atoms with Gasteiger partial charge in [-0.2, -0.15) is 0 Å². The lowest BCUT2D eigenvalue weighted by Crippen LogP contribution is -2.30. The van der Waals surface area contributed by atoms with E-state index in [1.54, 1.807) is 0 Å². The van der Waals surface area contributed by atoms with Gasteiger partial charge in [-0.1, -0.05) is 219 Å². The summed E-state index contributed by atoms with van der Waals surface area (Å²) < 4.78 is 16.7. The van der Waals surface area contributed by atoms with Gasteiger partial charge in [0.05, 0.1) is 0 Å². The molecule has 0 aliphatic carbocycles. The van der Waals surface area contributed by atoms with Gasteiger partial charge in [0.25, 0.3) is 0 Å². The van der Waals surface area contributed by atoms with Crippen LogP contribution in [0.1, 0.15) is 226 Å². The van der Waals surface area contributed by atoms with Gasteiger partial charge in [0.15, 0.2) is 6.10 Å². The zero-order valence-corrected chi connectivity index (χ0v) is 43.1. The normalized spacial score (nSPS) is 13.1. The Labute approximate surface area is 412 Å². The van der Waals surface area contributed by atoms with E-state index in [9.17, 15) is 14.4 Å². The number of carbonyl (C=O) groups is 3. The maximum Gasteiger partial charge on any atom is 0.306 e. The molecule has 0 aromatic carbocycles. The van der Waals surface area contributed by atoms with Crippen molar-refractivity contribution >= 4 is 17.9 Å². The van der Waals surface area contributed by atoms with E-state index in [2.05, 4.69) is 142 Å². The molecule has 0 radical (unpaired) electrons. The van der Waals surface area contributed by atoms with Crippen LogP contribution in [-0.2, 0) is 28.6 Å². The second kappa shape index (κ2) is 54.4. The molecule has 0 spiro atoms. The van der Waals surface area contributed by atoms with E-state index in [-0.39, 0.29) is 37.5 Å². The van der Waals surface area contributed by atoms with Gasteiger partial charge < -0.3 is 14.2 Å². The van der Waals surface area contributed by atoms with Crippen molar-refractivity contribution in [3.63, 3.8) is 0 Å². The van der Waals surface area contributed by atoms with Crippen molar-refractivity contribution in [2.75, 3.05) is 13.2 Å². The Balaban J connectivity index is 4.24. The molecule has 6 heteroatoms. The predicted molar refractivity (Wildman–Crippen MR) is 288 cm³/mol. The smallest absolute Gasteiger partial charge is 0.306 e. The Bertz CT molecular complexity index is 1440. The molecule has 0 amide bonds. The highest BCUT2D eigenvalue weighted by molar-refractivity contribution is 5.71. The monoisotopic (exact) mass is 927 g/mol. The molecule has 0 aliphatic heterocycles. The minimum absolute atomic E-state index is 0.101. The third kappa shape index (κ3) is 52.6. The van der Waals surface area contributed by atoms with Gasteiger partial charge in [0.2, 0.25) is 0 Å². The summed E-state index contributed by atoms with van der Waals surface area (Å²) in [5.41, 5.74) is 0. The Morgan fingerprint density at radius 3 is 0.940 bits per heavy atom. The maximum absolute atomic E-state index is 12.7. The van der Waals surface area contributed by atoms with E-state index in [0.29, 0.717) is 19.3 Å². The first-order valence-corrected chi connectivity index (χ1v) is 27.0. The first kappa shape index (κ1) is 62.8. The van der Waals surface area contributed by atoms with E-state index in [1.165, 1.54) is 51.4 Å². The highest BCUT2D eigenvalue weighted by atomic mass is 16.6. The second-order valence-electron chi connectivity index (χ2n) is 17.4. The average molecular weight is 927 g/mol. The van der Waals surface area contributed by atoms with Crippen LogP contribution in [0.2, 0.25) is 0 Å². The predicted octanol–water partition coefficient (Wildman–Crippen LogP) is 18.1. The molecule has 0 saturated heterocycles. The fourth-order valence-corrected chi connectivity index (χ4v) is 6.96. The van der Waals surface area contributed by atoms with Crippen molar-refractivity contribution in [3.8, 4) is 0 Å². The largest absolute Gasteiger partial charge is 0.462 e. The van der Waals surface area contributed by atoms with Gasteiger partial charge in [0.1, 0.15) is 13.2 Å². The lowest BCUT2D eigenvalue weighted by Gasteiger charge is -2.18. The number of rotatable bonds is 47. The molecule has 0 aromatic rings. The molecule has 6 nitrogen and oxygen atoms in total. The Kier molecular flexibility index (Phi) is 51.0. The van der Waals surface area contributed by atoms with Crippen LogP contribution in [0.4, 0.5) is 0 Å². The van der Waals surface area contributed by atoms with Crippen molar-refractivity contribution in [2.45, 2.75) is 232 Å². The summed E-state index contributed by atoms with van der Waals surface area (Å²) in [6.45, 7) is 6.27. The number of unbranched alkanes of at least 4 members (excludes halogenated alkanes) is 16. The lowest BCUT2D eigenvalue weighted by atomic mass is 10.1. The standard InChI is InChI=1S/C61H98O6/c1-4-7-10-13-15-17-19-21-23-25-27-29-30-32-33-35-37-39-41-43-45-48-51-54-60(63)66-57-58(56-65-59(62)53-50-47-12-9-6-3)67-61(64)55-52-49-46-44-42-40-38-36-34-31-28-26-24-22-20-18-16-14-11-8-5-2/h7-8,10-11,15-18,21-24,27-29,31,36,38,42,44,58H,4-6,9,12-14,19-20,25-26,30,32-35,37,39-41,43,45-57H2,1-3H3/b10-7-,11-8-,17-15-,18-16-,23-21-,24-22-,29-27-,31-28-,38-36-,44-42-. The van der Waals surface area contributed by atoms with Crippen LogP contribution in [0, 0.1) is 0 Å². The molecule has 0 aromatic heterocycles. The molecule has 67 heavy (non-hydrogen) atoms. The molecule has 0 fully saturated rings. The SMILES string of the molecule is CC/C=C\C/C=C\C/C=C\C/C=C\C/C=C\C/C=C\CCCCC(=O)OC(COC(=O)CCCCCCC)COC(=O)CCCCCCCCCCCC/C=C\C/C=C\C/C=C\C/C=C\CC. The van der Waals surface area contributed by atoms with Gasteiger partial charge >= 0.3 is 17.9 Å². The van der Waals surface area contributed by atoms with Crippen LogP contribution in [-0.4, -0.2) is 37.2 Å². The average Bonchev–Trinajstić information content (AvgIpc) is 3.33. The number of allylic oxidation sites excluding steroid dienone is 20. The maximum atomic E-state index is 12.7. The minimum Gasteiger partial charge on any atom is -0.462 e. The van der Waals surface area contributed by atoms with E-state index in [1.807, 2.05) is 0 Å². The van der Waals surface area contributed by atoms with E-state index in [4.69, 9.17) is 14.2 Å². The quantitative estimate of drug-likeness (QED) is 0.0262. The zero-order chi connectivity index (χ0) is 48.6. The Hall–Kier alpha value is -4.19. The number of ether oxygens (including phenoxy) is 3. The first-order valence-electron chi connectivity index (χ1n) is 27.0.